The molecule has 0 radical (unpaired) electrons. The monoisotopic (exact) mass is 322 g/mol. The first kappa shape index (κ1) is 17.4. The highest BCUT2D eigenvalue weighted by molar-refractivity contribution is 7.47. The van der Waals surface area contributed by atoms with Gasteiger partial charge in [0.1, 0.15) is 17.8 Å². The first-order chi connectivity index (χ1) is 9.65. The molecule has 2 bridgehead atoms. The molecule has 6 nitrogen and oxygen atoms in total. The number of hydrogen-bond donors (Lipinski definition) is 1. The summed E-state index contributed by atoms with van der Waals surface area (Å²) in [5.74, 6) is 0.393. The van der Waals surface area contributed by atoms with Crippen LogP contribution in [0.4, 0.5) is 0 Å². The van der Waals surface area contributed by atoms with Crippen molar-refractivity contribution in [3.63, 3.8) is 0 Å². The summed E-state index contributed by atoms with van der Waals surface area (Å²) in [7, 11) is -4.12. The van der Waals surface area contributed by atoms with E-state index in [1.165, 1.54) is 0 Å². The largest absolute Gasteiger partial charge is 0.472 e. The Hall–Kier alpha value is 0.0300. The van der Waals surface area contributed by atoms with Crippen LogP contribution in [0.2, 0.25) is 0 Å². The number of phosphoric ester groups is 1. The Bertz CT molecular complexity index is 408. The van der Waals surface area contributed by atoms with Crippen LogP contribution in [-0.4, -0.2) is 41.5 Å². The molecule has 2 unspecified atom stereocenters. The molecule has 21 heavy (non-hydrogen) atoms. The first-order valence-corrected chi connectivity index (χ1v) is 9.14. The number of phosphoric acid groups is 1. The van der Waals surface area contributed by atoms with Gasteiger partial charge in [0, 0.05) is 6.42 Å². The molecule has 0 aromatic heterocycles. The molecule has 2 saturated heterocycles. The molecule has 124 valence electrons. The van der Waals surface area contributed by atoms with Crippen molar-refractivity contribution in [3.05, 3.63) is 0 Å². The molecular weight excluding hydrogens is 295 g/mol. The highest BCUT2D eigenvalue weighted by atomic mass is 31.2. The van der Waals surface area contributed by atoms with Crippen LogP contribution in [0, 0.1) is 5.92 Å². The van der Waals surface area contributed by atoms with Crippen molar-refractivity contribution in [2.24, 2.45) is 5.92 Å². The van der Waals surface area contributed by atoms with Crippen molar-refractivity contribution in [1.82, 2.24) is 0 Å². The van der Waals surface area contributed by atoms with E-state index in [4.69, 9.17) is 18.5 Å². The molecule has 2 heterocycles. The topological polar surface area (TPSA) is 74.2 Å². The summed E-state index contributed by atoms with van der Waals surface area (Å²) in [6.07, 6.45) is -0.00768. The second-order valence-electron chi connectivity index (χ2n) is 6.72. The van der Waals surface area contributed by atoms with Crippen molar-refractivity contribution in [2.45, 2.75) is 77.5 Å². The van der Waals surface area contributed by atoms with Gasteiger partial charge in [-0.3, -0.25) is 9.05 Å². The molecule has 0 amide bonds. The number of ether oxygens (including phenoxy) is 2. The van der Waals surface area contributed by atoms with E-state index in [2.05, 4.69) is 13.8 Å². The smallest absolute Gasteiger partial charge is 0.373 e. The van der Waals surface area contributed by atoms with Crippen molar-refractivity contribution in [2.75, 3.05) is 6.61 Å². The van der Waals surface area contributed by atoms with E-state index >= 15 is 0 Å². The lowest BCUT2D eigenvalue weighted by Crippen LogP contribution is -2.50. The SMILES string of the molecule is CC(C)C[C@@]12CCO[C@@H](C1OP(=O)(O)OC(C)C)[C@H](C)O2. The Balaban J connectivity index is 2.20. The second-order valence-corrected chi connectivity index (χ2v) is 8.08. The predicted octanol–water partition coefficient (Wildman–Crippen LogP) is 2.89. The van der Waals surface area contributed by atoms with Crippen LogP contribution < -0.4 is 0 Å². The molecular formula is C14H27O6P. The zero-order valence-corrected chi connectivity index (χ0v) is 14.3. The summed E-state index contributed by atoms with van der Waals surface area (Å²) in [5.41, 5.74) is -0.560. The minimum atomic E-state index is -4.12. The van der Waals surface area contributed by atoms with E-state index < -0.39 is 19.5 Å². The Labute approximate surface area is 126 Å². The van der Waals surface area contributed by atoms with Crippen molar-refractivity contribution >= 4 is 7.82 Å². The molecule has 0 spiro atoms. The Morgan fingerprint density at radius 3 is 2.62 bits per heavy atom. The summed E-state index contributed by atoms with van der Waals surface area (Å²) in [4.78, 5) is 9.94. The lowest BCUT2D eigenvalue weighted by molar-refractivity contribution is -0.125. The van der Waals surface area contributed by atoms with Crippen molar-refractivity contribution < 1.29 is 28.0 Å². The summed E-state index contributed by atoms with van der Waals surface area (Å²) in [6, 6.07) is 0. The van der Waals surface area contributed by atoms with Crippen molar-refractivity contribution in [3.8, 4) is 0 Å². The maximum atomic E-state index is 12.1. The van der Waals surface area contributed by atoms with Crippen LogP contribution in [0.1, 0.15) is 47.5 Å². The van der Waals surface area contributed by atoms with Gasteiger partial charge < -0.3 is 14.4 Å². The molecule has 7 heteroatoms. The van der Waals surface area contributed by atoms with Gasteiger partial charge in [-0.15, -0.1) is 0 Å². The fraction of sp³-hybridized carbons (Fsp3) is 1.00. The average Bonchev–Trinajstić information content (AvgIpc) is 2.43. The van der Waals surface area contributed by atoms with Crippen LogP contribution in [0.25, 0.3) is 0 Å². The van der Waals surface area contributed by atoms with E-state index in [1.807, 2.05) is 6.92 Å². The fourth-order valence-electron chi connectivity index (χ4n) is 3.39. The highest BCUT2D eigenvalue weighted by Crippen LogP contribution is 2.54. The minimum Gasteiger partial charge on any atom is -0.373 e. The van der Waals surface area contributed by atoms with Crippen LogP contribution in [0.5, 0.6) is 0 Å². The van der Waals surface area contributed by atoms with Gasteiger partial charge in [-0.1, -0.05) is 13.8 Å². The molecule has 5 atom stereocenters. The zero-order chi connectivity index (χ0) is 15.8. The quantitative estimate of drug-likeness (QED) is 0.758. The Morgan fingerprint density at radius 1 is 1.38 bits per heavy atom. The van der Waals surface area contributed by atoms with E-state index in [1.54, 1.807) is 13.8 Å². The number of rotatable bonds is 6. The Morgan fingerprint density at radius 2 is 2.05 bits per heavy atom. The highest BCUT2D eigenvalue weighted by Gasteiger charge is 2.59. The number of fused-ring (bicyclic) bond motifs is 2. The number of hydrogen-bond acceptors (Lipinski definition) is 5. The summed E-state index contributed by atoms with van der Waals surface area (Å²) in [5, 5.41) is 0. The van der Waals surface area contributed by atoms with Crippen LogP contribution in [-0.2, 0) is 23.1 Å². The molecule has 0 aliphatic carbocycles. The lowest BCUT2D eigenvalue weighted by Gasteiger charge is -2.40. The molecule has 2 rings (SSSR count). The molecule has 2 aliphatic rings. The van der Waals surface area contributed by atoms with Gasteiger partial charge in [0.15, 0.2) is 0 Å². The molecule has 0 aromatic rings. The van der Waals surface area contributed by atoms with E-state index in [0.29, 0.717) is 18.9 Å². The summed E-state index contributed by atoms with van der Waals surface area (Å²) < 4.78 is 34.5. The first-order valence-electron chi connectivity index (χ1n) is 7.64. The molecule has 2 fully saturated rings. The average molecular weight is 322 g/mol. The van der Waals surface area contributed by atoms with Gasteiger partial charge in [-0.25, -0.2) is 4.57 Å². The summed E-state index contributed by atoms with van der Waals surface area (Å²) in [6.45, 7) is 10.1. The van der Waals surface area contributed by atoms with Gasteiger partial charge in [0.25, 0.3) is 0 Å². The van der Waals surface area contributed by atoms with Crippen LogP contribution >= 0.6 is 7.82 Å². The van der Waals surface area contributed by atoms with E-state index in [0.717, 1.165) is 6.42 Å². The molecule has 2 aliphatic heterocycles. The normalized spacial score (nSPS) is 39.0. The van der Waals surface area contributed by atoms with Gasteiger partial charge in [-0.05, 0) is 33.1 Å². The standard InChI is InChI=1S/C14H27O6P/c1-9(2)8-14-6-7-17-12(11(5)18-14)13(14)20-21(15,16)19-10(3)4/h9-13H,6-8H2,1-5H3,(H,15,16)/t11-,12+,13?,14-/m0/s1. The van der Waals surface area contributed by atoms with Gasteiger partial charge >= 0.3 is 7.82 Å². The maximum Gasteiger partial charge on any atom is 0.472 e. The third kappa shape index (κ3) is 3.87. The van der Waals surface area contributed by atoms with Crippen LogP contribution in [0.3, 0.4) is 0 Å². The summed E-state index contributed by atoms with van der Waals surface area (Å²) >= 11 is 0. The third-order valence-electron chi connectivity index (χ3n) is 3.88. The molecule has 0 saturated carbocycles. The lowest BCUT2D eigenvalue weighted by atomic mass is 9.82. The van der Waals surface area contributed by atoms with Crippen molar-refractivity contribution in [1.29, 1.82) is 0 Å². The maximum absolute atomic E-state index is 12.1. The van der Waals surface area contributed by atoms with E-state index in [9.17, 15) is 9.46 Å². The van der Waals surface area contributed by atoms with Gasteiger partial charge in [-0.2, -0.15) is 0 Å². The fourth-order valence-corrected chi connectivity index (χ4v) is 4.57. The predicted molar refractivity (Wildman–Crippen MR) is 78.0 cm³/mol. The van der Waals surface area contributed by atoms with Gasteiger partial charge in [0.2, 0.25) is 0 Å². The molecule has 1 N–H and O–H groups in total. The second kappa shape index (κ2) is 6.26. The zero-order valence-electron chi connectivity index (χ0n) is 13.4. The van der Waals surface area contributed by atoms with E-state index in [-0.39, 0.29) is 18.3 Å². The Kier molecular flexibility index (Phi) is 5.19. The third-order valence-corrected chi connectivity index (χ3v) is 5.06. The minimum absolute atomic E-state index is 0.157. The molecule has 0 aromatic carbocycles. The van der Waals surface area contributed by atoms with Crippen LogP contribution in [0.15, 0.2) is 0 Å². The van der Waals surface area contributed by atoms with Gasteiger partial charge in [0.05, 0.1) is 18.8 Å².